The quantitative estimate of drug-likeness (QED) is 0.824. The molecule has 1 aliphatic rings. The first-order chi connectivity index (χ1) is 9.78. The van der Waals surface area contributed by atoms with E-state index in [-0.39, 0.29) is 11.8 Å². The van der Waals surface area contributed by atoms with Crippen LogP contribution in [-0.4, -0.2) is 54.4 Å². The molecule has 21 heavy (non-hydrogen) atoms. The van der Waals surface area contributed by atoms with E-state index in [9.17, 15) is 9.59 Å². The second-order valence-corrected chi connectivity index (χ2v) is 5.70. The van der Waals surface area contributed by atoms with E-state index in [1.807, 2.05) is 0 Å². The summed E-state index contributed by atoms with van der Waals surface area (Å²) >= 11 is 0. The number of carbonyl (C=O) groups is 2. The van der Waals surface area contributed by atoms with Crippen molar-refractivity contribution >= 4 is 17.5 Å². The molecule has 0 unspecified atom stereocenters. The Morgan fingerprint density at radius 2 is 2.00 bits per heavy atom. The number of carbonyl (C=O) groups excluding carboxylic acids is 2. The standard InChI is InChI=1S/C15H21N3O3/c1-15(2)14(20)17(3)7-8-18(15)13(19)11-9-10(21-4)5-6-12(11)16/h5-6,9H,7-8,16H2,1-4H3. The molecule has 1 aliphatic heterocycles. The molecule has 0 aliphatic carbocycles. The number of anilines is 1. The van der Waals surface area contributed by atoms with E-state index in [2.05, 4.69) is 0 Å². The summed E-state index contributed by atoms with van der Waals surface area (Å²) in [5.41, 5.74) is 5.75. The number of hydrogen-bond donors (Lipinski definition) is 1. The van der Waals surface area contributed by atoms with Crippen LogP contribution in [0.4, 0.5) is 5.69 Å². The van der Waals surface area contributed by atoms with Crippen molar-refractivity contribution in [2.75, 3.05) is 33.0 Å². The van der Waals surface area contributed by atoms with Gasteiger partial charge in [-0.3, -0.25) is 9.59 Å². The molecular weight excluding hydrogens is 270 g/mol. The van der Waals surface area contributed by atoms with Crippen molar-refractivity contribution in [1.29, 1.82) is 0 Å². The summed E-state index contributed by atoms with van der Waals surface area (Å²) in [6.07, 6.45) is 0. The summed E-state index contributed by atoms with van der Waals surface area (Å²) in [5.74, 6) is 0.229. The molecule has 0 spiro atoms. The maximum absolute atomic E-state index is 12.8. The molecule has 0 radical (unpaired) electrons. The molecule has 0 atom stereocenters. The van der Waals surface area contributed by atoms with Crippen LogP contribution in [0.1, 0.15) is 24.2 Å². The number of piperazine rings is 1. The number of methoxy groups -OCH3 is 1. The highest BCUT2D eigenvalue weighted by Gasteiger charge is 2.43. The van der Waals surface area contributed by atoms with Crippen LogP contribution in [0.3, 0.4) is 0 Å². The average molecular weight is 291 g/mol. The highest BCUT2D eigenvalue weighted by molar-refractivity contribution is 6.03. The lowest BCUT2D eigenvalue weighted by Gasteiger charge is -2.44. The number of rotatable bonds is 2. The molecule has 6 heteroatoms. The maximum atomic E-state index is 12.8. The van der Waals surface area contributed by atoms with Gasteiger partial charge in [0, 0.05) is 25.8 Å². The number of nitrogens with zero attached hydrogens (tertiary/aromatic N) is 2. The van der Waals surface area contributed by atoms with Crippen LogP contribution < -0.4 is 10.5 Å². The number of hydrogen-bond acceptors (Lipinski definition) is 4. The van der Waals surface area contributed by atoms with Gasteiger partial charge in [0.15, 0.2) is 0 Å². The minimum absolute atomic E-state index is 0.0800. The summed E-state index contributed by atoms with van der Waals surface area (Å²) in [4.78, 5) is 28.3. The monoisotopic (exact) mass is 291 g/mol. The van der Waals surface area contributed by atoms with Gasteiger partial charge >= 0.3 is 0 Å². The molecule has 0 bridgehead atoms. The molecule has 1 heterocycles. The molecular formula is C15H21N3O3. The zero-order valence-corrected chi connectivity index (χ0v) is 12.8. The smallest absolute Gasteiger partial charge is 0.257 e. The molecule has 2 N–H and O–H groups in total. The van der Waals surface area contributed by atoms with Gasteiger partial charge in [-0.05, 0) is 32.0 Å². The highest BCUT2D eigenvalue weighted by atomic mass is 16.5. The Bertz CT molecular complexity index is 584. The summed E-state index contributed by atoms with van der Waals surface area (Å²) in [6, 6.07) is 4.94. The number of nitrogen functional groups attached to an aromatic ring is 1. The fourth-order valence-corrected chi connectivity index (χ4v) is 2.56. The number of benzene rings is 1. The fraction of sp³-hybridized carbons (Fsp3) is 0.467. The predicted molar refractivity (Wildman–Crippen MR) is 80.2 cm³/mol. The Hall–Kier alpha value is -2.24. The molecule has 1 fully saturated rings. The maximum Gasteiger partial charge on any atom is 0.257 e. The summed E-state index contributed by atoms with van der Waals surface area (Å²) in [7, 11) is 3.27. The summed E-state index contributed by atoms with van der Waals surface area (Å²) in [6.45, 7) is 4.49. The molecule has 0 aromatic heterocycles. The number of likely N-dealkylation sites (N-methyl/N-ethyl adjacent to an activating group) is 1. The minimum Gasteiger partial charge on any atom is -0.497 e. The molecule has 1 aromatic rings. The fourth-order valence-electron chi connectivity index (χ4n) is 2.56. The van der Waals surface area contributed by atoms with Crippen molar-refractivity contribution in [3.8, 4) is 5.75 Å². The van der Waals surface area contributed by atoms with Crippen LogP contribution in [0, 0.1) is 0 Å². The largest absolute Gasteiger partial charge is 0.497 e. The second-order valence-electron chi connectivity index (χ2n) is 5.70. The molecule has 2 amide bonds. The summed E-state index contributed by atoms with van der Waals surface area (Å²) in [5, 5.41) is 0. The molecule has 114 valence electrons. The van der Waals surface area contributed by atoms with Gasteiger partial charge in [0.05, 0.1) is 12.7 Å². The molecule has 1 aromatic carbocycles. The Labute approximate surface area is 124 Å². The predicted octanol–water partition coefficient (Wildman–Crippen LogP) is 0.970. The normalized spacial score (nSPS) is 17.8. The lowest BCUT2D eigenvalue weighted by atomic mass is 9.96. The van der Waals surface area contributed by atoms with Crippen LogP contribution in [0.15, 0.2) is 18.2 Å². The zero-order valence-electron chi connectivity index (χ0n) is 12.8. The third-order valence-corrected chi connectivity index (χ3v) is 3.94. The first-order valence-corrected chi connectivity index (χ1v) is 6.80. The number of nitrogens with two attached hydrogens (primary N) is 1. The SMILES string of the molecule is COc1ccc(N)c(C(=O)N2CCN(C)C(=O)C2(C)C)c1. The second kappa shape index (κ2) is 5.27. The summed E-state index contributed by atoms with van der Waals surface area (Å²) < 4.78 is 5.14. The lowest BCUT2D eigenvalue weighted by Crippen LogP contribution is -2.63. The average Bonchev–Trinajstić information content (AvgIpc) is 2.45. The van der Waals surface area contributed by atoms with Crippen LogP contribution in [-0.2, 0) is 4.79 Å². The highest BCUT2D eigenvalue weighted by Crippen LogP contribution is 2.27. The van der Waals surface area contributed by atoms with Gasteiger partial charge in [-0.15, -0.1) is 0 Å². The van der Waals surface area contributed by atoms with Crippen LogP contribution in [0.2, 0.25) is 0 Å². The van der Waals surface area contributed by atoms with E-state index in [4.69, 9.17) is 10.5 Å². The topological polar surface area (TPSA) is 75.9 Å². The molecule has 0 saturated carbocycles. The van der Waals surface area contributed by atoms with Gasteiger partial charge in [-0.1, -0.05) is 0 Å². The van der Waals surface area contributed by atoms with Gasteiger partial charge in [0.1, 0.15) is 11.3 Å². The van der Waals surface area contributed by atoms with Crippen molar-refractivity contribution in [3.05, 3.63) is 23.8 Å². The van der Waals surface area contributed by atoms with E-state index < -0.39 is 5.54 Å². The number of amides is 2. The Kier molecular flexibility index (Phi) is 3.80. The van der Waals surface area contributed by atoms with Crippen molar-refractivity contribution in [3.63, 3.8) is 0 Å². The molecule has 6 nitrogen and oxygen atoms in total. The van der Waals surface area contributed by atoms with E-state index in [1.165, 1.54) is 7.11 Å². The zero-order chi connectivity index (χ0) is 15.8. The van der Waals surface area contributed by atoms with Gasteiger partial charge < -0.3 is 20.3 Å². The van der Waals surface area contributed by atoms with Crippen LogP contribution in [0.25, 0.3) is 0 Å². The molecule has 2 rings (SSSR count). The van der Waals surface area contributed by atoms with Crippen molar-refractivity contribution in [2.45, 2.75) is 19.4 Å². The van der Waals surface area contributed by atoms with Gasteiger partial charge in [-0.25, -0.2) is 0 Å². The van der Waals surface area contributed by atoms with Crippen molar-refractivity contribution < 1.29 is 14.3 Å². The van der Waals surface area contributed by atoms with Gasteiger partial charge in [-0.2, -0.15) is 0 Å². The van der Waals surface area contributed by atoms with E-state index in [0.29, 0.717) is 30.1 Å². The minimum atomic E-state index is -0.889. The van der Waals surface area contributed by atoms with Gasteiger partial charge in [0.2, 0.25) is 5.91 Å². The lowest BCUT2D eigenvalue weighted by molar-refractivity contribution is -0.144. The third-order valence-electron chi connectivity index (χ3n) is 3.94. The third kappa shape index (κ3) is 2.53. The van der Waals surface area contributed by atoms with E-state index >= 15 is 0 Å². The Morgan fingerprint density at radius 1 is 1.33 bits per heavy atom. The Morgan fingerprint density at radius 3 is 2.62 bits per heavy atom. The number of ether oxygens (including phenoxy) is 1. The Balaban J connectivity index is 2.38. The first-order valence-electron chi connectivity index (χ1n) is 6.80. The van der Waals surface area contributed by atoms with Crippen LogP contribution in [0.5, 0.6) is 5.75 Å². The van der Waals surface area contributed by atoms with E-state index in [0.717, 1.165) is 0 Å². The van der Waals surface area contributed by atoms with Crippen molar-refractivity contribution in [2.24, 2.45) is 0 Å². The van der Waals surface area contributed by atoms with Crippen LogP contribution >= 0.6 is 0 Å². The van der Waals surface area contributed by atoms with Crippen molar-refractivity contribution in [1.82, 2.24) is 9.80 Å². The van der Waals surface area contributed by atoms with E-state index in [1.54, 1.807) is 48.9 Å². The molecule has 1 saturated heterocycles. The first kappa shape index (κ1) is 15.2. The van der Waals surface area contributed by atoms with Gasteiger partial charge in [0.25, 0.3) is 5.91 Å².